The molecule has 2 N–H and O–H groups in total. The summed E-state index contributed by atoms with van der Waals surface area (Å²) in [5.41, 5.74) is 2.45. The second-order valence-corrected chi connectivity index (χ2v) is 6.88. The summed E-state index contributed by atoms with van der Waals surface area (Å²) in [5, 5.41) is 0.0696. The number of halogens is 2. The number of benzene rings is 2. The van der Waals surface area contributed by atoms with Crippen LogP contribution in [-0.2, 0) is 10.0 Å². The van der Waals surface area contributed by atoms with Crippen LogP contribution in [0.15, 0.2) is 57.9 Å². The zero-order chi connectivity index (χ0) is 15.5. The van der Waals surface area contributed by atoms with Crippen molar-refractivity contribution in [2.75, 3.05) is 0 Å². The van der Waals surface area contributed by atoms with Crippen molar-refractivity contribution in [3.8, 4) is 0 Å². The van der Waals surface area contributed by atoms with E-state index in [0.717, 1.165) is 0 Å². The normalized spacial score (nSPS) is 11.1. The van der Waals surface area contributed by atoms with Crippen LogP contribution in [0.3, 0.4) is 0 Å². The van der Waals surface area contributed by atoms with Gasteiger partial charge in [0.2, 0.25) is 0 Å². The number of nitrogens with one attached hydrogen (secondary N) is 2. The first kappa shape index (κ1) is 16.0. The van der Waals surface area contributed by atoms with Gasteiger partial charge in [0.25, 0.3) is 15.9 Å². The van der Waals surface area contributed by atoms with Crippen LogP contribution in [-0.4, -0.2) is 14.3 Å². The third-order valence-corrected chi connectivity index (χ3v) is 4.98. The molecular weight excluding hydrogens is 380 g/mol. The third kappa shape index (κ3) is 3.82. The molecule has 0 saturated heterocycles. The molecule has 2 aromatic carbocycles. The molecule has 0 aliphatic carbocycles. The van der Waals surface area contributed by atoms with Crippen molar-refractivity contribution in [2.45, 2.75) is 4.90 Å². The van der Waals surface area contributed by atoms with Crippen LogP contribution in [0.5, 0.6) is 0 Å². The van der Waals surface area contributed by atoms with Crippen molar-refractivity contribution in [1.82, 2.24) is 10.3 Å². The minimum atomic E-state index is -3.94. The van der Waals surface area contributed by atoms with Crippen LogP contribution in [0.1, 0.15) is 10.4 Å². The molecule has 110 valence electrons. The number of hydrogen-bond donors (Lipinski definition) is 2. The van der Waals surface area contributed by atoms with E-state index in [2.05, 4.69) is 21.4 Å². The van der Waals surface area contributed by atoms with Crippen molar-refractivity contribution >= 4 is 43.5 Å². The molecule has 0 aliphatic heterocycles. The first-order chi connectivity index (χ1) is 9.92. The molecule has 21 heavy (non-hydrogen) atoms. The maximum Gasteiger partial charge on any atom is 0.267 e. The Morgan fingerprint density at radius 2 is 1.67 bits per heavy atom. The molecule has 0 bridgehead atoms. The van der Waals surface area contributed by atoms with Gasteiger partial charge < -0.3 is 0 Å². The quantitative estimate of drug-likeness (QED) is 0.790. The first-order valence-electron chi connectivity index (χ1n) is 5.73. The van der Waals surface area contributed by atoms with E-state index >= 15 is 0 Å². The topological polar surface area (TPSA) is 75.3 Å². The molecule has 8 heteroatoms. The van der Waals surface area contributed by atoms with Crippen molar-refractivity contribution in [2.24, 2.45) is 0 Å². The van der Waals surface area contributed by atoms with Crippen LogP contribution >= 0.6 is 27.5 Å². The number of carbonyl (C=O) groups excluding carboxylic acids is 1. The number of carbonyl (C=O) groups is 1. The predicted octanol–water partition coefficient (Wildman–Crippen LogP) is 2.73. The first-order valence-corrected chi connectivity index (χ1v) is 8.38. The van der Waals surface area contributed by atoms with Gasteiger partial charge in [-0.05, 0) is 40.2 Å². The summed E-state index contributed by atoms with van der Waals surface area (Å²) in [7, 11) is -3.94. The van der Waals surface area contributed by atoms with Crippen molar-refractivity contribution in [3.63, 3.8) is 0 Å². The number of hydrogen-bond acceptors (Lipinski definition) is 3. The average molecular weight is 390 g/mol. The van der Waals surface area contributed by atoms with E-state index in [4.69, 9.17) is 11.6 Å². The molecule has 0 fully saturated rings. The Labute approximate surface area is 135 Å². The SMILES string of the molecule is O=C(NNS(=O)(=O)c1ccccc1Cl)c1ccccc1Br. The lowest BCUT2D eigenvalue weighted by molar-refractivity contribution is 0.0944. The fraction of sp³-hybridized carbons (Fsp3) is 0. The van der Waals surface area contributed by atoms with Crippen molar-refractivity contribution in [3.05, 3.63) is 63.6 Å². The number of sulfonamides is 1. The second kappa shape index (κ2) is 6.57. The fourth-order valence-electron chi connectivity index (χ4n) is 1.54. The van der Waals surface area contributed by atoms with E-state index in [1.165, 1.54) is 18.2 Å². The van der Waals surface area contributed by atoms with Gasteiger partial charge in [-0.3, -0.25) is 10.2 Å². The largest absolute Gasteiger partial charge is 0.273 e. The fourth-order valence-corrected chi connectivity index (χ4v) is 3.37. The number of hydrazine groups is 1. The van der Waals surface area contributed by atoms with E-state index < -0.39 is 15.9 Å². The summed E-state index contributed by atoms with van der Waals surface area (Å²) >= 11 is 9.04. The molecule has 2 aromatic rings. The molecule has 0 heterocycles. The molecule has 0 radical (unpaired) electrons. The van der Waals surface area contributed by atoms with Crippen LogP contribution in [0.4, 0.5) is 0 Å². The lowest BCUT2D eigenvalue weighted by Gasteiger charge is -2.10. The molecule has 2 rings (SSSR count). The summed E-state index contributed by atoms with van der Waals surface area (Å²) in [6, 6.07) is 12.6. The highest BCUT2D eigenvalue weighted by atomic mass is 79.9. The van der Waals surface area contributed by atoms with E-state index in [1.54, 1.807) is 30.3 Å². The van der Waals surface area contributed by atoms with Gasteiger partial charge in [0.1, 0.15) is 4.90 Å². The Kier molecular flexibility index (Phi) is 5.00. The van der Waals surface area contributed by atoms with Gasteiger partial charge in [0.15, 0.2) is 0 Å². The summed E-state index contributed by atoms with van der Waals surface area (Å²) < 4.78 is 24.7. The lowest BCUT2D eigenvalue weighted by Crippen LogP contribution is -2.41. The number of rotatable bonds is 4. The summed E-state index contributed by atoms with van der Waals surface area (Å²) in [6.45, 7) is 0. The maximum atomic E-state index is 12.1. The standard InChI is InChI=1S/C13H10BrClN2O3S/c14-10-6-2-1-5-9(10)13(18)16-17-21(19,20)12-8-4-3-7-11(12)15/h1-8,17H,(H,16,18). The molecule has 0 unspecified atom stereocenters. The lowest BCUT2D eigenvalue weighted by atomic mass is 10.2. The smallest absolute Gasteiger partial charge is 0.267 e. The van der Waals surface area contributed by atoms with Crippen LogP contribution in [0.25, 0.3) is 0 Å². The summed E-state index contributed by atoms with van der Waals surface area (Å²) in [6.07, 6.45) is 0. The monoisotopic (exact) mass is 388 g/mol. The van der Waals surface area contributed by atoms with E-state index in [9.17, 15) is 13.2 Å². The summed E-state index contributed by atoms with van der Waals surface area (Å²) in [4.78, 5) is 13.8. The Bertz CT molecular complexity index is 780. The highest BCUT2D eigenvalue weighted by Gasteiger charge is 2.19. The average Bonchev–Trinajstić information content (AvgIpc) is 2.45. The van der Waals surface area contributed by atoms with Crippen LogP contribution in [0, 0.1) is 0 Å². The zero-order valence-electron chi connectivity index (χ0n) is 10.5. The maximum absolute atomic E-state index is 12.1. The molecule has 5 nitrogen and oxygen atoms in total. The minimum absolute atomic E-state index is 0.0696. The zero-order valence-corrected chi connectivity index (χ0v) is 13.7. The van der Waals surface area contributed by atoms with E-state index in [1.807, 2.05) is 4.83 Å². The van der Waals surface area contributed by atoms with Gasteiger partial charge in [-0.1, -0.05) is 35.9 Å². The minimum Gasteiger partial charge on any atom is -0.273 e. The van der Waals surface area contributed by atoms with Crippen LogP contribution < -0.4 is 10.3 Å². The highest BCUT2D eigenvalue weighted by Crippen LogP contribution is 2.20. The number of amides is 1. The van der Waals surface area contributed by atoms with Crippen LogP contribution in [0.2, 0.25) is 5.02 Å². The molecule has 1 amide bonds. The van der Waals surface area contributed by atoms with Crippen molar-refractivity contribution in [1.29, 1.82) is 0 Å². The van der Waals surface area contributed by atoms with E-state index in [0.29, 0.717) is 10.0 Å². The van der Waals surface area contributed by atoms with Crippen molar-refractivity contribution < 1.29 is 13.2 Å². The Morgan fingerprint density at radius 3 is 2.33 bits per heavy atom. The third-order valence-electron chi connectivity index (χ3n) is 2.54. The Balaban J connectivity index is 2.15. The van der Waals surface area contributed by atoms with Gasteiger partial charge in [-0.15, -0.1) is 4.83 Å². The van der Waals surface area contributed by atoms with Gasteiger partial charge in [-0.25, -0.2) is 8.42 Å². The predicted molar refractivity (Wildman–Crippen MR) is 83.4 cm³/mol. The molecule has 0 saturated carbocycles. The van der Waals surface area contributed by atoms with Gasteiger partial charge in [-0.2, -0.15) is 0 Å². The van der Waals surface area contributed by atoms with Gasteiger partial charge in [0, 0.05) is 4.47 Å². The molecular formula is C13H10BrClN2O3S. The van der Waals surface area contributed by atoms with Gasteiger partial charge in [0.05, 0.1) is 10.6 Å². The molecule has 0 aliphatic rings. The molecule has 0 spiro atoms. The molecule has 0 atom stereocenters. The summed E-state index contributed by atoms with van der Waals surface area (Å²) in [5.74, 6) is -0.585. The highest BCUT2D eigenvalue weighted by molar-refractivity contribution is 9.10. The second-order valence-electron chi connectivity index (χ2n) is 3.97. The van der Waals surface area contributed by atoms with Gasteiger partial charge >= 0.3 is 0 Å². The Hall–Kier alpha value is -1.41. The van der Waals surface area contributed by atoms with E-state index in [-0.39, 0.29) is 9.92 Å². The Morgan fingerprint density at radius 1 is 1.05 bits per heavy atom. The molecule has 0 aromatic heterocycles.